The average Bonchev–Trinajstić information content (AvgIpc) is 2.87. The quantitative estimate of drug-likeness (QED) is 0.907. The summed E-state index contributed by atoms with van der Waals surface area (Å²) in [5, 5.41) is 4.10. The number of ether oxygens (including phenoxy) is 1. The molecule has 0 aliphatic carbocycles. The fraction of sp³-hybridized carbons (Fsp3) is 0.385. The Morgan fingerprint density at radius 2 is 2.26 bits per heavy atom. The van der Waals surface area contributed by atoms with Crippen LogP contribution in [0.15, 0.2) is 22.7 Å². The van der Waals surface area contributed by atoms with Gasteiger partial charge in [0, 0.05) is 6.04 Å². The molecule has 0 spiro atoms. The minimum atomic E-state index is -0.0600. The van der Waals surface area contributed by atoms with Crippen LogP contribution in [-0.4, -0.2) is 16.7 Å². The Morgan fingerprint density at radius 3 is 2.89 bits per heavy atom. The molecule has 4 nitrogen and oxygen atoms in total. The third kappa shape index (κ3) is 3.32. The highest BCUT2D eigenvalue weighted by Gasteiger charge is 2.15. The molecule has 1 atom stereocenters. The summed E-state index contributed by atoms with van der Waals surface area (Å²) in [5.41, 5.74) is 8.42. The molecule has 1 aromatic carbocycles. The standard InChI is InChI=1S/C13H16BrN3OS/c1-3-11-13(19-17-16-11)10(15)7-8-4-5-12(18-2)9(14)6-8/h4-6,10H,3,7,15H2,1-2H3. The van der Waals surface area contributed by atoms with E-state index in [-0.39, 0.29) is 6.04 Å². The van der Waals surface area contributed by atoms with E-state index in [4.69, 9.17) is 10.5 Å². The van der Waals surface area contributed by atoms with Gasteiger partial charge in [-0.3, -0.25) is 0 Å². The Morgan fingerprint density at radius 1 is 1.47 bits per heavy atom. The van der Waals surface area contributed by atoms with Crippen LogP contribution in [0.5, 0.6) is 5.75 Å². The summed E-state index contributed by atoms with van der Waals surface area (Å²) in [7, 11) is 1.65. The summed E-state index contributed by atoms with van der Waals surface area (Å²) in [4.78, 5) is 1.08. The molecule has 6 heteroatoms. The average molecular weight is 342 g/mol. The second-order valence-electron chi connectivity index (χ2n) is 4.22. The van der Waals surface area contributed by atoms with E-state index in [9.17, 15) is 0 Å². The highest BCUT2D eigenvalue weighted by atomic mass is 79.9. The van der Waals surface area contributed by atoms with Gasteiger partial charge in [0.25, 0.3) is 0 Å². The lowest BCUT2D eigenvalue weighted by molar-refractivity contribution is 0.412. The van der Waals surface area contributed by atoms with Gasteiger partial charge in [-0.25, -0.2) is 0 Å². The number of aromatic nitrogens is 2. The molecule has 1 aromatic heterocycles. The van der Waals surface area contributed by atoms with Crippen molar-refractivity contribution in [2.75, 3.05) is 7.11 Å². The van der Waals surface area contributed by atoms with E-state index in [2.05, 4.69) is 32.4 Å². The molecule has 0 bridgehead atoms. The largest absolute Gasteiger partial charge is 0.496 e. The van der Waals surface area contributed by atoms with Gasteiger partial charge in [-0.05, 0) is 58.0 Å². The van der Waals surface area contributed by atoms with Crippen molar-refractivity contribution >= 4 is 27.5 Å². The van der Waals surface area contributed by atoms with Crippen LogP contribution in [-0.2, 0) is 12.8 Å². The van der Waals surface area contributed by atoms with Gasteiger partial charge >= 0.3 is 0 Å². The van der Waals surface area contributed by atoms with Crippen LogP contribution in [0, 0.1) is 0 Å². The van der Waals surface area contributed by atoms with Crippen molar-refractivity contribution in [3.8, 4) is 5.75 Å². The molecule has 0 fully saturated rings. The predicted octanol–water partition coefficient (Wildman–Crippen LogP) is 3.11. The molecule has 2 rings (SSSR count). The van der Waals surface area contributed by atoms with Gasteiger partial charge in [-0.1, -0.05) is 17.5 Å². The van der Waals surface area contributed by atoms with Crippen molar-refractivity contribution < 1.29 is 4.74 Å². The third-order valence-corrected chi connectivity index (χ3v) is 4.45. The van der Waals surface area contributed by atoms with E-state index in [1.54, 1.807) is 7.11 Å². The SMILES string of the molecule is CCc1nnsc1C(N)Cc1ccc(OC)c(Br)c1. The van der Waals surface area contributed by atoms with Crippen molar-refractivity contribution in [2.45, 2.75) is 25.8 Å². The number of benzene rings is 1. The highest BCUT2D eigenvalue weighted by molar-refractivity contribution is 9.10. The number of nitrogens with two attached hydrogens (primary N) is 1. The summed E-state index contributed by atoms with van der Waals surface area (Å²) in [6, 6.07) is 5.95. The monoisotopic (exact) mass is 341 g/mol. The van der Waals surface area contributed by atoms with E-state index < -0.39 is 0 Å². The van der Waals surface area contributed by atoms with E-state index in [1.165, 1.54) is 11.5 Å². The van der Waals surface area contributed by atoms with Crippen LogP contribution < -0.4 is 10.5 Å². The van der Waals surface area contributed by atoms with Gasteiger partial charge in [0.15, 0.2) is 0 Å². The Hall–Kier alpha value is -0.980. The fourth-order valence-electron chi connectivity index (χ4n) is 1.93. The molecule has 2 N–H and O–H groups in total. The summed E-state index contributed by atoms with van der Waals surface area (Å²) in [6.45, 7) is 2.07. The topological polar surface area (TPSA) is 61.0 Å². The molecule has 0 amide bonds. The smallest absolute Gasteiger partial charge is 0.133 e. The van der Waals surface area contributed by atoms with Crippen LogP contribution in [0.1, 0.15) is 29.1 Å². The Bertz CT molecular complexity index is 559. The van der Waals surface area contributed by atoms with Gasteiger partial charge in [-0.15, -0.1) is 5.10 Å². The van der Waals surface area contributed by atoms with Gasteiger partial charge < -0.3 is 10.5 Å². The van der Waals surface area contributed by atoms with Crippen LogP contribution in [0.4, 0.5) is 0 Å². The van der Waals surface area contributed by atoms with Crippen molar-refractivity contribution in [1.29, 1.82) is 0 Å². The molecule has 2 aromatic rings. The van der Waals surface area contributed by atoms with Gasteiger partial charge in [0.05, 0.1) is 22.2 Å². The summed E-state index contributed by atoms with van der Waals surface area (Å²) in [5.74, 6) is 0.825. The van der Waals surface area contributed by atoms with E-state index in [1.807, 2.05) is 18.2 Å². The van der Waals surface area contributed by atoms with Crippen LogP contribution >= 0.6 is 27.5 Å². The molecular weight excluding hydrogens is 326 g/mol. The minimum Gasteiger partial charge on any atom is -0.496 e. The summed E-state index contributed by atoms with van der Waals surface area (Å²) >= 11 is 4.88. The number of hydrogen-bond donors (Lipinski definition) is 1. The molecule has 1 heterocycles. The van der Waals surface area contributed by atoms with Crippen LogP contribution in [0.25, 0.3) is 0 Å². The van der Waals surface area contributed by atoms with Crippen LogP contribution in [0.3, 0.4) is 0 Å². The first-order valence-electron chi connectivity index (χ1n) is 6.04. The minimum absolute atomic E-state index is 0.0600. The van der Waals surface area contributed by atoms with E-state index >= 15 is 0 Å². The molecule has 1 unspecified atom stereocenters. The molecule has 0 aliphatic rings. The maximum atomic E-state index is 6.25. The molecule has 102 valence electrons. The lowest BCUT2D eigenvalue weighted by Crippen LogP contribution is -2.13. The summed E-state index contributed by atoms with van der Waals surface area (Å²) in [6.07, 6.45) is 1.63. The zero-order valence-electron chi connectivity index (χ0n) is 10.9. The maximum absolute atomic E-state index is 6.25. The lowest BCUT2D eigenvalue weighted by atomic mass is 10.0. The lowest BCUT2D eigenvalue weighted by Gasteiger charge is -2.12. The summed E-state index contributed by atoms with van der Waals surface area (Å²) < 4.78 is 10.1. The number of hydrogen-bond acceptors (Lipinski definition) is 5. The maximum Gasteiger partial charge on any atom is 0.133 e. The third-order valence-electron chi connectivity index (χ3n) is 2.93. The van der Waals surface area contributed by atoms with E-state index in [0.717, 1.165) is 39.2 Å². The van der Waals surface area contributed by atoms with Crippen molar-refractivity contribution in [1.82, 2.24) is 9.59 Å². The molecule has 19 heavy (non-hydrogen) atoms. The normalized spacial score (nSPS) is 12.4. The van der Waals surface area contributed by atoms with Gasteiger partial charge in [0.1, 0.15) is 5.75 Å². The zero-order valence-corrected chi connectivity index (χ0v) is 13.3. The number of aryl methyl sites for hydroxylation is 1. The number of halogens is 1. The van der Waals surface area contributed by atoms with Crippen LogP contribution in [0.2, 0.25) is 0 Å². The second-order valence-corrected chi connectivity index (χ2v) is 5.86. The molecule has 0 aliphatic heterocycles. The van der Waals surface area contributed by atoms with Crippen molar-refractivity contribution in [3.63, 3.8) is 0 Å². The van der Waals surface area contributed by atoms with Gasteiger partial charge in [-0.2, -0.15) is 0 Å². The number of rotatable bonds is 5. The second kappa shape index (κ2) is 6.45. The zero-order chi connectivity index (χ0) is 13.8. The Labute approximate surface area is 125 Å². The van der Waals surface area contributed by atoms with Crippen molar-refractivity contribution in [2.24, 2.45) is 5.73 Å². The highest BCUT2D eigenvalue weighted by Crippen LogP contribution is 2.28. The molecule has 0 radical (unpaired) electrons. The van der Waals surface area contributed by atoms with Crippen molar-refractivity contribution in [3.05, 3.63) is 38.8 Å². The first-order valence-corrected chi connectivity index (χ1v) is 7.61. The number of methoxy groups -OCH3 is 1. The Kier molecular flexibility index (Phi) is 4.90. The first kappa shape index (κ1) is 14.4. The first-order chi connectivity index (χ1) is 9.15. The fourth-order valence-corrected chi connectivity index (χ4v) is 3.25. The molecule has 0 saturated heterocycles. The molecule has 0 saturated carbocycles. The molecular formula is C13H16BrN3OS. The van der Waals surface area contributed by atoms with Gasteiger partial charge in [0.2, 0.25) is 0 Å². The predicted molar refractivity (Wildman–Crippen MR) is 80.6 cm³/mol. The van der Waals surface area contributed by atoms with E-state index in [0.29, 0.717) is 0 Å². The number of nitrogens with zero attached hydrogens (tertiary/aromatic N) is 2. The Balaban J connectivity index is 2.15.